The Balaban J connectivity index is 1.72. The number of halogens is 3. The first-order valence-corrected chi connectivity index (χ1v) is 9.21. The van der Waals surface area contributed by atoms with Crippen LogP contribution < -0.4 is 16.0 Å². The highest BCUT2D eigenvalue weighted by Crippen LogP contribution is 2.29. The minimum absolute atomic E-state index is 0.118. The quantitative estimate of drug-likeness (QED) is 0.388. The molecule has 0 aromatic carbocycles. The average Bonchev–Trinajstić information content (AvgIpc) is 3.22. The number of aliphatic imine (C=N–C) groups is 1. The fourth-order valence-electron chi connectivity index (χ4n) is 1.86. The summed E-state index contributed by atoms with van der Waals surface area (Å²) >= 11 is 2.19. The maximum atomic E-state index is 12.5. The van der Waals surface area contributed by atoms with E-state index in [0.717, 1.165) is 16.7 Å². The van der Waals surface area contributed by atoms with Gasteiger partial charge >= 0.3 is 6.18 Å². The molecule has 0 atom stereocenters. The van der Waals surface area contributed by atoms with Crippen LogP contribution in [0.2, 0.25) is 0 Å². The number of hydrogen-bond acceptors (Lipinski definition) is 6. The van der Waals surface area contributed by atoms with Gasteiger partial charge in [-0.2, -0.15) is 13.2 Å². The molecule has 0 aliphatic rings. The van der Waals surface area contributed by atoms with Gasteiger partial charge in [-0.25, -0.2) is 9.97 Å². The van der Waals surface area contributed by atoms with Crippen molar-refractivity contribution in [3.8, 4) is 0 Å². The molecule has 0 saturated carbocycles. The first-order valence-electron chi connectivity index (χ1n) is 7.45. The van der Waals surface area contributed by atoms with Crippen LogP contribution in [0.5, 0.6) is 0 Å². The van der Waals surface area contributed by atoms with Gasteiger partial charge in [-0.3, -0.25) is 9.79 Å². The van der Waals surface area contributed by atoms with Crippen molar-refractivity contribution in [2.45, 2.75) is 19.6 Å². The number of carbonyl (C=O) groups is 1. The van der Waals surface area contributed by atoms with E-state index in [9.17, 15) is 18.0 Å². The van der Waals surface area contributed by atoms with Gasteiger partial charge in [-0.1, -0.05) is 0 Å². The molecule has 7 nitrogen and oxygen atoms in total. The molecule has 0 spiro atoms. The van der Waals surface area contributed by atoms with Crippen LogP contribution in [-0.4, -0.2) is 42.0 Å². The summed E-state index contributed by atoms with van der Waals surface area (Å²) in [5, 5.41) is 9.86. The van der Waals surface area contributed by atoms with Gasteiger partial charge in [0.1, 0.15) is 9.88 Å². The Morgan fingerprint density at radius 1 is 1.23 bits per heavy atom. The van der Waals surface area contributed by atoms with Crippen molar-refractivity contribution in [1.82, 2.24) is 25.9 Å². The lowest BCUT2D eigenvalue weighted by Gasteiger charge is -2.11. The highest BCUT2D eigenvalue weighted by molar-refractivity contribution is 7.11. The zero-order valence-electron chi connectivity index (χ0n) is 14.0. The highest BCUT2D eigenvalue weighted by Gasteiger charge is 2.33. The number of thiazole rings is 2. The van der Waals surface area contributed by atoms with E-state index in [-0.39, 0.29) is 12.5 Å². The van der Waals surface area contributed by atoms with Gasteiger partial charge in [0, 0.05) is 25.5 Å². The van der Waals surface area contributed by atoms with Gasteiger partial charge in [0.05, 0.1) is 17.7 Å². The summed E-state index contributed by atoms with van der Waals surface area (Å²) in [5.41, 5.74) is 1.39. The Kier molecular flexibility index (Phi) is 6.91. The number of rotatable bonds is 6. The molecule has 2 heterocycles. The van der Waals surface area contributed by atoms with Crippen molar-refractivity contribution in [1.29, 1.82) is 0 Å². The van der Waals surface area contributed by atoms with E-state index in [1.165, 1.54) is 18.4 Å². The van der Waals surface area contributed by atoms with E-state index in [2.05, 4.69) is 30.9 Å². The van der Waals surface area contributed by atoms with Crippen molar-refractivity contribution in [3.05, 3.63) is 32.2 Å². The van der Waals surface area contributed by atoms with E-state index in [1.807, 2.05) is 0 Å². The molecule has 0 radical (unpaired) electrons. The van der Waals surface area contributed by atoms with Crippen molar-refractivity contribution in [2.75, 3.05) is 20.1 Å². The molecular formula is C14H17F3N6OS2. The molecule has 2 aromatic rings. The number of amides is 1. The maximum Gasteiger partial charge on any atom is 0.434 e. The Labute approximate surface area is 155 Å². The minimum atomic E-state index is -4.44. The van der Waals surface area contributed by atoms with Gasteiger partial charge in [-0.05, 0) is 6.92 Å². The van der Waals surface area contributed by atoms with Gasteiger partial charge in [0.15, 0.2) is 11.7 Å². The number of nitrogens with zero attached hydrogens (tertiary/aromatic N) is 3. The summed E-state index contributed by atoms with van der Waals surface area (Å²) in [4.78, 5) is 24.0. The molecule has 12 heteroatoms. The van der Waals surface area contributed by atoms with Crippen molar-refractivity contribution in [3.63, 3.8) is 0 Å². The largest absolute Gasteiger partial charge is 0.434 e. The van der Waals surface area contributed by atoms with Gasteiger partial charge in [-0.15, -0.1) is 22.7 Å². The molecule has 0 aliphatic carbocycles. The Morgan fingerprint density at radius 3 is 2.54 bits per heavy atom. The Bertz CT molecular complexity index is 771. The van der Waals surface area contributed by atoms with Crippen LogP contribution in [0.15, 0.2) is 15.9 Å². The fraction of sp³-hybridized carbons (Fsp3) is 0.429. The second-order valence-electron chi connectivity index (χ2n) is 5.00. The number of hydrogen-bond donors (Lipinski definition) is 3. The highest BCUT2D eigenvalue weighted by atomic mass is 32.1. The number of nitrogens with one attached hydrogen (secondary N) is 3. The average molecular weight is 406 g/mol. The molecule has 2 aromatic heterocycles. The predicted molar refractivity (Wildman–Crippen MR) is 94.5 cm³/mol. The SMILES string of the molecule is CN=C(NCCNC(=O)c1scnc1C)NCc1nc(C(F)(F)F)cs1. The summed E-state index contributed by atoms with van der Waals surface area (Å²) in [7, 11) is 1.54. The predicted octanol–water partition coefficient (Wildman–Crippen LogP) is 2.02. The van der Waals surface area contributed by atoms with Gasteiger partial charge in [0.25, 0.3) is 5.91 Å². The monoisotopic (exact) mass is 406 g/mol. The van der Waals surface area contributed by atoms with Gasteiger partial charge < -0.3 is 16.0 Å². The fourth-order valence-corrected chi connectivity index (χ4v) is 3.32. The lowest BCUT2D eigenvalue weighted by molar-refractivity contribution is -0.140. The van der Waals surface area contributed by atoms with Crippen molar-refractivity contribution in [2.24, 2.45) is 4.99 Å². The Morgan fingerprint density at radius 2 is 1.96 bits per heavy atom. The van der Waals surface area contributed by atoms with Crippen LogP contribution in [0.3, 0.4) is 0 Å². The Hall–Kier alpha value is -2.21. The number of carbonyl (C=O) groups excluding carboxylic acids is 1. The molecule has 0 bridgehead atoms. The third kappa shape index (κ3) is 5.66. The molecular weight excluding hydrogens is 389 g/mol. The minimum Gasteiger partial charge on any atom is -0.355 e. The van der Waals surface area contributed by atoms with E-state index in [4.69, 9.17) is 0 Å². The lowest BCUT2D eigenvalue weighted by Crippen LogP contribution is -2.41. The zero-order chi connectivity index (χ0) is 19.2. The molecule has 0 unspecified atom stereocenters. The van der Waals surface area contributed by atoms with E-state index >= 15 is 0 Å². The second kappa shape index (κ2) is 8.94. The first-order chi connectivity index (χ1) is 12.3. The molecule has 3 N–H and O–H groups in total. The molecule has 26 heavy (non-hydrogen) atoms. The molecule has 0 fully saturated rings. The normalized spacial score (nSPS) is 12.1. The third-order valence-corrected chi connectivity index (χ3v) is 4.90. The topological polar surface area (TPSA) is 91.3 Å². The third-order valence-electron chi connectivity index (χ3n) is 3.13. The standard InChI is InChI=1S/C14H17F3N6OS2/c1-8-11(26-7-22-8)12(24)19-3-4-20-13(18-2)21-5-10-23-9(6-25-10)14(15,16)17/h6-7H,3-5H2,1-2H3,(H,19,24)(H2,18,20,21). The number of alkyl halides is 3. The second-order valence-corrected chi connectivity index (χ2v) is 6.80. The summed E-state index contributed by atoms with van der Waals surface area (Å²) in [6.07, 6.45) is -4.44. The van der Waals surface area contributed by atoms with Crippen molar-refractivity contribution < 1.29 is 18.0 Å². The van der Waals surface area contributed by atoms with E-state index in [1.54, 1.807) is 12.4 Å². The maximum absolute atomic E-state index is 12.5. The molecule has 2 rings (SSSR count). The zero-order valence-corrected chi connectivity index (χ0v) is 15.6. The van der Waals surface area contributed by atoms with Crippen LogP contribution in [0, 0.1) is 6.92 Å². The smallest absolute Gasteiger partial charge is 0.355 e. The number of aryl methyl sites for hydroxylation is 1. The molecule has 0 aliphatic heterocycles. The summed E-state index contributed by atoms with van der Waals surface area (Å²) in [5.74, 6) is 0.203. The summed E-state index contributed by atoms with van der Waals surface area (Å²) < 4.78 is 37.5. The van der Waals surface area contributed by atoms with Crippen LogP contribution in [0.1, 0.15) is 26.1 Å². The van der Waals surface area contributed by atoms with Crippen LogP contribution in [0.4, 0.5) is 13.2 Å². The number of guanidine groups is 1. The van der Waals surface area contributed by atoms with E-state index < -0.39 is 11.9 Å². The van der Waals surface area contributed by atoms with E-state index in [0.29, 0.717) is 34.6 Å². The van der Waals surface area contributed by atoms with Crippen LogP contribution >= 0.6 is 22.7 Å². The lowest BCUT2D eigenvalue weighted by atomic mass is 10.4. The summed E-state index contributed by atoms with van der Waals surface area (Å²) in [6, 6.07) is 0. The van der Waals surface area contributed by atoms with Crippen LogP contribution in [0.25, 0.3) is 0 Å². The molecule has 1 amide bonds. The van der Waals surface area contributed by atoms with Gasteiger partial charge in [0.2, 0.25) is 0 Å². The first kappa shape index (κ1) is 20.1. The molecule has 0 saturated heterocycles. The summed E-state index contributed by atoms with van der Waals surface area (Å²) in [6.45, 7) is 2.63. The number of aromatic nitrogens is 2. The van der Waals surface area contributed by atoms with Crippen LogP contribution in [-0.2, 0) is 12.7 Å². The molecule has 142 valence electrons. The van der Waals surface area contributed by atoms with Crippen molar-refractivity contribution >= 4 is 34.5 Å².